The highest BCUT2D eigenvalue weighted by Gasteiger charge is 2.15. The summed E-state index contributed by atoms with van der Waals surface area (Å²) in [4.78, 5) is 21.1. The van der Waals surface area contributed by atoms with Crippen LogP contribution >= 0.6 is 11.8 Å². The Balaban J connectivity index is 1.32. The first kappa shape index (κ1) is 20.1. The molecule has 2 aromatic heterocycles. The van der Waals surface area contributed by atoms with Crippen molar-refractivity contribution in [2.24, 2.45) is 0 Å². The van der Waals surface area contributed by atoms with E-state index in [1.54, 1.807) is 18.2 Å². The molecule has 0 aliphatic rings. The molecule has 0 aliphatic carbocycles. The Morgan fingerprint density at radius 3 is 2.72 bits per heavy atom. The van der Waals surface area contributed by atoms with Crippen molar-refractivity contribution in [1.82, 2.24) is 25.0 Å². The lowest BCUT2D eigenvalue weighted by atomic mass is 10.1. The van der Waals surface area contributed by atoms with E-state index in [0.717, 1.165) is 16.5 Å². The van der Waals surface area contributed by atoms with Crippen LogP contribution in [0.1, 0.15) is 5.56 Å². The van der Waals surface area contributed by atoms with Crippen LogP contribution in [0.5, 0.6) is 0 Å². The van der Waals surface area contributed by atoms with Crippen LogP contribution in [-0.4, -0.2) is 36.6 Å². The molecule has 0 radical (unpaired) electrons. The Hall–Kier alpha value is -3.85. The fraction of sp³-hybridized carbons (Fsp3) is 0.0870. The van der Waals surface area contributed by atoms with Crippen LogP contribution in [-0.2, 0) is 11.3 Å². The molecule has 1 N–H and O–H groups in total. The predicted octanol–water partition coefficient (Wildman–Crippen LogP) is 4.29. The highest BCUT2D eigenvalue weighted by Crippen LogP contribution is 2.25. The van der Waals surface area contributed by atoms with Gasteiger partial charge in [0.15, 0.2) is 11.2 Å². The fourth-order valence-corrected chi connectivity index (χ4v) is 4.16. The number of anilines is 1. The lowest BCUT2D eigenvalue weighted by Gasteiger charge is -2.08. The van der Waals surface area contributed by atoms with Gasteiger partial charge in [-0.1, -0.05) is 71.6 Å². The highest BCUT2D eigenvalue weighted by atomic mass is 32.2. The number of carbonyl (C=O) groups excluding carboxylic acids is 1. The predicted molar refractivity (Wildman–Crippen MR) is 122 cm³/mol. The Morgan fingerprint density at radius 2 is 1.81 bits per heavy atom. The van der Waals surface area contributed by atoms with E-state index in [1.807, 2.05) is 42.5 Å². The highest BCUT2D eigenvalue weighted by molar-refractivity contribution is 8.00. The van der Waals surface area contributed by atoms with E-state index in [9.17, 15) is 9.18 Å². The number of rotatable bonds is 6. The molecule has 3 aromatic carbocycles. The summed E-state index contributed by atoms with van der Waals surface area (Å²) in [5.74, 6) is -0.322. The van der Waals surface area contributed by atoms with Gasteiger partial charge in [0.2, 0.25) is 5.91 Å². The third-order valence-corrected chi connectivity index (χ3v) is 5.93. The summed E-state index contributed by atoms with van der Waals surface area (Å²) in [6, 6.07) is 20.2. The summed E-state index contributed by atoms with van der Waals surface area (Å²) >= 11 is 1.25. The van der Waals surface area contributed by atoms with Crippen molar-refractivity contribution in [3.8, 4) is 0 Å². The standard InChI is InChI=1S/C23H17FN6OS/c24-18-10-4-2-7-16(18)12-30-22-21(28-29-30)23(26-14-25-22)32-13-20(31)27-19-11-5-8-15-6-1-3-9-17(15)19/h1-11,14H,12-13H2,(H,27,31). The van der Waals surface area contributed by atoms with Crippen molar-refractivity contribution in [2.45, 2.75) is 11.6 Å². The lowest BCUT2D eigenvalue weighted by molar-refractivity contribution is -0.113. The third kappa shape index (κ3) is 4.02. The molecule has 0 aliphatic heterocycles. The van der Waals surface area contributed by atoms with E-state index in [2.05, 4.69) is 25.6 Å². The van der Waals surface area contributed by atoms with Crippen molar-refractivity contribution in [1.29, 1.82) is 0 Å². The molecule has 0 spiro atoms. The maximum absolute atomic E-state index is 14.0. The van der Waals surface area contributed by atoms with Gasteiger partial charge in [0.25, 0.3) is 0 Å². The summed E-state index contributed by atoms with van der Waals surface area (Å²) in [7, 11) is 0. The molecule has 32 heavy (non-hydrogen) atoms. The van der Waals surface area contributed by atoms with Gasteiger partial charge in [-0.25, -0.2) is 19.0 Å². The quantitative estimate of drug-likeness (QED) is 0.311. The number of halogens is 1. The van der Waals surface area contributed by atoms with Crippen LogP contribution in [0.2, 0.25) is 0 Å². The number of hydrogen-bond acceptors (Lipinski definition) is 6. The zero-order chi connectivity index (χ0) is 21.9. The first-order valence-electron chi connectivity index (χ1n) is 9.87. The van der Waals surface area contributed by atoms with Crippen LogP contribution in [0.4, 0.5) is 10.1 Å². The number of nitrogens with one attached hydrogen (secondary N) is 1. The van der Waals surface area contributed by atoms with Gasteiger partial charge in [0.05, 0.1) is 12.3 Å². The Bertz CT molecular complexity index is 1430. The van der Waals surface area contributed by atoms with E-state index in [4.69, 9.17) is 0 Å². The number of thioether (sulfide) groups is 1. The minimum Gasteiger partial charge on any atom is -0.325 e. The third-order valence-electron chi connectivity index (χ3n) is 4.95. The van der Waals surface area contributed by atoms with Crippen LogP contribution in [0.25, 0.3) is 21.9 Å². The van der Waals surface area contributed by atoms with Gasteiger partial charge >= 0.3 is 0 Å². The first-order chi connectivity index (χ1) is 15.7. The molecule has 0 atom stereocenters. The summed E-state index contributed by atoms with van der Waals surface area (Å²) < 4.78 is 15.5. The molecule has 158 valence electrons. The minimum absolute atomic E-state index is 0.148. The summed E-state index contributed by atoms with van der Waals surface area (Å²) in [6.45, 7) is 0.200. The molecule has 0 saturated carbocycles. The zero-order valence-corrected chi connectivity index (χ0v) is 17.6. The average molecular weight is 444 g/mol. The van der Waals surface area contributed by atoms with Crippen molar-refractivity contribution < 1.29 is 9.18 Å². The fourth-order valence-electron chi connectivity index (χ4n) is 3.43. The van der Waals surface area contributed by atoms with Crippen molar-refractivity contribution in [3.63, 3.8) is 0 Å². The number of hydrogen-bond donors (Lipinski definition) is 1. The molecule has 0 unspecified atom stereocenters. The Kier molecular flexibility index (Phi) is 5.47. The van der Waals surface area contributed by atoms with Gasteiger partial charge in [-0.15, -0.1) is 5.10 Å². The van der Waals surface area contributed by atoms with Crippen LogP contribution in [0, 0.1) is 5.82 Å². The molecule has 0 bridgehead atoms. The molecule has 0 saturated heterocycles. The maximum Gasteiger partial charge on any atom is 0.234 e. The zero-order valence-electron chi connectivity index (χ0n) is 16.8. The minimum atomic E-state index is -0.315. The van der Waals surface area contributed by atoms with Gasteiger partial charge in [0, 0.05) is 16.6 Å². The molecule has 5 rings (SSSR count). The van der Waals surface area contributed by atoms with E-state index in [1.165, 1.54) is 28.8 Å². The van der Waals surface area contributed by atoms with Crippen molar-refractivity contribution in [2.75, 3.05) is 11.1 Å². The SMILES string of the molecule is O=C(CSc1ncnc2c1nnn2Cc1ccccc1F)Nc1cccc2ccccc12. The lowest BCUT2D eigenvalue weighted by Crippen LogP contribution is -2.14. The molecule has 2 heterocycles. The molecule has 1 amide bonds. The molecule has 0 fully saturated rings. The van der Waals surface area contributed by atoms with Crippen LogP contribution in [0.3, 0.4) is 0 Å². The van der Waals surface area contributed by atoms with Gasteiger partial charge in [-0.2, -0.15) is 0 Å². The van der Waals surface area contributed by atoms with E-state index >= 15 is 0 Å². The second-order valence-corrected chi connectivity index (χ2v) is 8.02. The second-order valence-electron chi connectivity index (χ2n) is 7.05. The number of carbonyl (C=O) groups is 1. The number of amides is 1. The van der Waals surface area contributed by atoms with E-state index < -0.39 is 0 Å². The first-order valence-corrected chi connectivity index (χ1v) is 10.9. The smallest absolute Gasteiger partial charge is 0.234 e. The molecule has 7 nitrogen and oxygen atoms in total. The summed E-state index contributed by atoms with van der Waals surface area (Å²) in [6.07, 6.45) is 1.40. The van der Waals surface area contributed by atoms with Gasteiger partial charge < -0.3 is 5.32 Å². The Labute approximate surface area is 186 Å². The van der Waals surface area contributed by atoms with Gasteiger partial charge in [-0.05, 0) is 17.5 Å². The van der Waals surface area contributed by atoms with E-state index in [-0.39, 0.29) is 24.0 Å². The summed E-state index contributed by atoms with van der Waals surface area (Å²) in [5.41, 5.74) is 2.21. The number of fused-ring (bicyclic) bond motifs is 2. The van der Waals surface area contributed by atoms with Gasteiger partial charge in [-0.3, -0.25) is 4.79 Å². The molecule has 9 heteroatoms. The largest absolute Gasteiger partial charge is 0.325 e. The number of benzene rings is 3. The average Bonchev–Trinajstić information content (AvgIpc) is 3.23. The maximum atomic E-state index is 14.0. The normalized spacial score (nSPS) is 11.2. The van der Waals surface area contributed by atoms with Crippen molar-refractivity contribution in [3.05, 3.63) is 84.4 Å². The van der Waals surface area contributed by atoms with Crippen LogP contribution < -0.4 is 5.32 Å². The van der Waals surface area contributed by atoms with Crippen molar-refractivity contribution >= 4 is 45.3 Å². The molecular formula is C23H17FN6OS. The summed E-state index contributed by atoms with van der Waals surface area (Å²) in [5, 5.41) is 13.8. The Morgan fingerprint density at radius 1 is 1.00 bits per heavy atom. The topological polar surface area (TPSA) is 85.6 Å². The van der Waals surface area contributed by atoms with Gasteiger partial charge in [0.1, 0.15) is 17.2 Å². The molecular weight excluding hydrogens is 427 g/mol. The molecule has 5 aromatic rings. The van der Waals surface area contributed by atoms with Crippen LogP contribution in [0.15, 0.2) is 78.1 Å². The monoisotopic (exact) mass is 444 g/mol. The van der Waals surface area contributed by atoms with E-state index in [0.29, 0.717) is 21.8 Å². The number of nitrogens with zero attached hydrogens (tertiary/aromatic N) is 5. The number of aromatic nitrogens is 5. The second kappa shape index (κ2) is 8.72.